The molecule has 0 aliphatic carbocycles. The monoisotopic (exact) mass is 241 g/mol. The van der Waals surface area contributed by atoms with Crippen LogP contribution >= 0.6 is 0 Å². The van der Waals surface area contributed by atoms with Crippen LogP contribution in [0.15, 0.2) is 49.0 Å². The van der Waals surface area contributed by atoms with Crippen LogP contribution in [0.3, 0.4) is 0 Å². The average Bonchev–Trinajstić information content (AvgIpc) is 2.35. The fourth-order valence-corrected chi connectivity index (χ4v) is 1.84. The molecule has 92 valence electrons. The maximum absolute atomic E-state index is 12.8. The Hall–Kier alpha value is -2.09. The molecule has 0 aliphatic rings. The highest BCUT2D eigenvalue weighted by Gasteiger charge is 2.04. The predicted molar refractivity (Wildman–Crippen MR) is 75.0 cm³/mol. The quantitative estimate of drug-likeness (QED) is 0.832. The van der Waals surface area contributed by atoms with E-state index in [0.717, 1.165) is 16.9 Å². The van der Waals surface area contributed by atoms with Crippen molar-refractivity contribution in [1.29, 1.82) is 0 Å². The molecule has 1 nitrogen and oxygen atoms in total. The Morgan fingerprint density at radius 1 is 1.06 bits per heavy atom. The van der Waals surface area contributed by atoms with Gasteiger partial charge in [-0.2, -0.15) is 0 Å². The second-order valence-corrected chi connectivity index (χ2v) is 4.43. The number of benzene rings is 2. The number of halogens is 1. The number of hydrogen-bond acceptors (Lipinski definition) is 1. The number of anilines is 1. The maximum atomic E-state index is 12.8. The van der Waals surface area contributed by atoms with Crippen LogP contribution in [0.2, 0.25) is 0 Å². The minimum atomic E-state index is -0.238. The van der Waals surface area contributed by atoms with Crippen molar-refractivity contribution in [2.75, 3.05) is 5.32 Å². The van der Waals surface area contributed by atoms with Crippen molar-refractivity contribution in [2.24, 2.45) is 0 Å². The van der Waals surface area contributed by atoms with Gasteiger partial charge in [-0.15, -0.1) is 0 Å². The van der Waals surface area contributed by atoms with Gasteiger partial charge in [-0.1, -0.05) is 24.3 Å². The van der Waals surface area contributed by atoms with E-state index in [0.29, 0.717) is 0 Å². The molecule has 2 aromatic rings. The van der Waals surface area contributed by atoms with E-state index in [9.17, 15) is 4.39 Å². The Labute approximate surface area is 107 Å². The molecule has 0 aliphatic heterocycles. The summed E-state index contributed by atoms with van der Waals surface area (Å²) in [5, 5.41) is 3.19. The molecule has 18 heavy (non-hydrogen) atoms. The Morgan fingerprint density at radius 2 is 1.72 bits per heavy atom. The molecule has 0 radical (unpaired) electrons. The van der Waals surface area contributed by atoms with E-state index in [-0.39, 0.29) is 5.82 Å². The van der Waals surface area contributed by atoms with Gasteiger partial charge >= 0.3 is 0 Å². The van der Waals surface area contributed by atoms with Gasteiger partial charge in [-0.25, -0.2) is 4.39 Å². The number of hydrogen-bond donors (Lipinski definition) is 1. The SMILES string of the molecule is C=C(Nc1ccc(F)cc1)c1cc(C)ccc1C. The lowest BCUT2D eigenvalue weighted by molar-refractivity contribution is 0.628. The molecular weight excluding hydrogens is 225 g/mol. The van der Waals surface area contributed by atoms with Crippen molar-refractivity contribution in [1.82, 2.24) is 0 Å². The molecule has 1 N–H and O–H groups in total. The van der Waals surface area contributed by atoms with Crippen molar-refractivity contribution in [3.05, 3.63) is 71.6 Å². The summed E-state index contributed by atoms with van der Waals surface area (Å²) in [6, 6.07) is 12.5. The zero-order chi connectivity index (χ0) is 13.1. The van der Waals surface area contributed by atoms with Crippen LogP contribution in [0, 0.1) is 19.7 Å². The zero-order valence-electron chi connectivity index (χ0n) is 10.6. The Kier molecular flexibility index (Phi) is 3.47. The molecule has 0 saturated carbocycles. The minimum Gasteiger partial charge on any atom is -0.356 e. The van der Waals surface area contributed by atoms with Gasteiger partial charge in [-0.3, -0.25) is 0 Å². The summed E-state index contributed by atoms with van der Waals surface area (Å²) >= 11 is 0. The van der Waals surface area contributed by atoms with Crippen molar-refractivity contribution in [2.45, 2.75) is 13.8 Å². The summed E-state index contributed by atoms with van der Waals surface area (Å²) in [5.74, 6) is -0.238. The third-order valence-electron chi connectivity index (χ3n) is 2.86. The van der Waals surface area contributed by atoms with Gasteiger partial charge in [0.15, 0.2) is 0 Å². The van der Waals surface area contributed by atoms with Gasteiger partial charge in [0.05, 0.1) is 0 Å². The predicted octanol–water partition coefficient (Wildman–Crippen LogP) is 4.53. The lowest BCUT2D eigenvalue weighted by Gasteiger charge is -2.13. The highest BCUT2D eigenvalue weighted by molar-refractivity contribution is 5.77. The van der Waals surface area contributed by atoms with E-state index in [4.69, 9.17) is 0 Å². The average molecular weight is 241 g/mol. The zero-order valence-corrected chi connectivity index (χ0v) is 10.6. The second kappa shape index (κ2) is 5.05. The molecule has 0 atom stereocenters. The van der Waals surface area contributed by atoms with Crippen molar-refractivity contribution in [3.8, 4) is 0 Å². The van der Waals surface area contributed by atoms with Crippen LogP contribution in [0.5, 0.6) is 0 Å². The molecule has 0 unspecified atom stereocenters. The topological polar surface area (TPSA) is 12.0 Å². The van der Waals surface area contributed by atoms with E-state index in [2.05, 4.69) is 30.1 Å². The van der Waals surface area contributed by atoms with Crippen LogP contribution < -0.4 is 5.32 Å². The Balaban J connectivity index is 2.21. The first kappa shape index (κ1) is 12.4. The van der Waals surface area contributed by atoms with Crippen molar-refractivity contribution >= 4 is 11.4 Å². The lowest BCUT2D eigenvalue weighted by Crippen LogP contribution is -1.99. The molecule has 0 amide bonds. The Morgan fingerprint density at radius 3 is 2.39 bits per heavy atom. The van der Waals surface area contributed by atoms with E-state index in [1.54, 1.807) is 12.1 Å². The molecule has 2 heteroatoms. The lowest BCUT2D eigenvalue weighted by atomic mass is 10.0. The van der Waals surface area contributed by atoms with Crippen LogP contribution in [0.1, 0.15) is 16.7 Å². The van der Waals surface area contributed by atoms with E-state index in [1.165, 1.54) is 23.3 Å². The number of aryl methyl sites for hydroxylation is 2. The maximum Gasteiger partial charge on any atom is 0.123 e. The van der Waals surface area contributed by atoms with Gasteiger partial charge in [0.2, 0.25) is 0 Å². The van der Waals surface area contributed by atoms with Gasteiger partial charge in [0, 0.05) is 16.9 Å². The molecule has 0 fully saturated rings. The molecule has 2 rings (SSSR count). The normalized spacial score (nSPS) is 10.2. The fourth-order valence-electron chi connectivity index (χ4n) is 1.84. The Bertz CT molecular complexity index is 570. The highest BCUT2D eigenvalue weighted by Crippen LogP contribution is 2.21. The summed E-state index contributed by atoms with van der Waals surface area (Å²) in [4.78, 5) is 0. The van der Waals surface area contributed by atoms with Crippen molar-refractivity contribution in [3.63, 3.8) is 0 Å². The van der Waals surface area contributed by atoms with Crippen LogP contribution in [0.25, 0.3) is 5.70 Å². The minimum absolute atomic E-state index is 0.238. The summed E-state index contributed by atoms with van der Waals surface area (Å²) in [5.41, 5.74) is 5.10. The van der Waals surface area contributed by atoms with E-state index >= 15 is 0 Å². The standard InChI is InChI=1S/C16H16FN/c1-11-4-5-12(2)16(10-11)13(3)18-15-8-6-14(17)7-9-15/h4-10,18H,3H2,1-2H3. The second-order valence-electron chi connectivity index (χ2n) is 4.43. The van der Waals surface area contributed by atoms with E-state index in [1.807, 2.05) is 13.8 Å². The van der Waals surface area contributed by atoms with Crippen LogP contribution in [0.4, 0.5) is 10.1 Å². The number of nitrogens with one attached hydrogen (secondary N) is 1. The van der Waals surface area contributed by atoms with Gasteiger partial charge < -0.3 is 5.32 Å². The fraction of sp³-hybridized carbons (Fsp3) is 0.125. The first-order valence-corrected chi connectivity index (χ1v) is 5.85. The number of rotatable bonds is 3. The van der Waals surface area contributed by atoms with Crippen molar-refractivity contribution < 1.29 is 4.39 Å². The summed E-state index contributed by atoms with van der Waals surface area (Å²) in [7, 11) is 0. The molecule has 0 heterocycles. The van der Waals surface area contributed by atoms with Crippen LogP contribution in [-0.4, -0.2) is 0 Å². The van der Waals surface area contributed by atoms with Gasteiger partial charge in [0.1, 0.15) is 5.82 Å². The molecule has 0 spiro atoms. The van der Waals surface area contributed by atoms with E-state index < -0.39 is 0 Å². The first-order valence-electron chi connectivity index (χ1n) is 5.85. The van der Waals surface area contributed by atoms with Gasteiger partial charge in [0.25, 0.3) is 0 Å². The largest absolute Gasteiger partial charge is 0.356 e. The molecule has 0 aromatic heterocycles. The molecule has 0 saturated heterocycles. The summed E-state index contributed by atoms with van der Waals surface area (Å²) in [6.45, 7) is 8.14. The smallest absolute Gasteiger partial charge is 0.123 e. The van der Waals surface area contributed by atoms with Gasteiger partial charge in [-0.05, 0) is 49.7 Å². The first-order chi connectivity index (χ1) is 8.56. The third kappa shape index (κ3) is 2.77. The summed E-state index contributed by atoms with van der Waals surface area (Å²) in [6.07, 6.45) is 0. The summed E-state index contributed by atoms with van der Waals surface area (Å²) < 4.78 is 12.8. The third-order valence-corrected chi connectivity index (χ3v) is 2.86. The molecule has 0 bridgehead atoms. The molecule has 2 aromatic carbocycles. The van der Waals surface area contributed by atoms with Crippen LogP contribution in [-0.2, 0) is 0 Å². The highest BCUT2D eigenvalue weighted by atomic mass is 19.1. The molecular formula is C16H16FN.